The molecule has 0 spiro atoms. The number of anilines is 1. The summed E-state index contributed by atoms with van der Waals surface area (Å²) in [4.78, 5) is 11.2. The second-order valence-electron chi connectivity index (χ2n) is 4.94. The van der Waals surface area contributed by atoms with E-state index in [1.54, 1.807) is 45.4 Å². The summed E-state index contributed by atoms with van der Waals surface area (Å²) in [5, 5.41) is 12.9. The molecule has 0 unspecified atom stereocenters. The second-order valence-corrected chi connectivity index (χ2v) is 5.34. The third kappa shape index (κ3) is 3.68. The number of ether oxygens (including phenoxy) is 2. The largest absolute Gasteiger partial charge is 0.493 e. The van der Waals surface area contributed by atoms with Crippen molar-refractivity contribution in [2.24, 2.45) is 0 Å². The van der Waals surface area contributed by atoms with Crippen LogP contribution >= 0.6 is 11.6 Å². The molecule has 2 rings (SSSR count). The molecule has 0 aromatic heterocycles. The van der Waals surface area contributed by atoms with E-state index >= 15 is 0 Å². The first-order valence-corrected chi connectivity index (χ1v) is 7.33. The Morgan fingerprint density at radius 2 is 1.87 bits per heavy atom. The maximum absolute atomic E-state index is 11.2. The molecule has 5 nitrogen and oxygen atoms in total. The third-order valence-corrected chi connectivity index (χ3v) is 3.94. The van der Waals surface area contributed by atoms with E-state index < -0.39 is 5.97 Å². The lowest BCUT2D eigenvalue weighted by atomic mass is 10.1. The van der Waals surface area contributed by atoms with Crippen molar-refractivity contribution >= 4 is 23.3 Å². The lowest BCUT2D eigenvalue weighted by Crippen LogP contribution is -2.06. The summed E-state index contributed by atoms with van der Waals surface area (Å²) < 4.78 is 10.5. The summed E-state index contributed by atoms with van der Waals surface area (Å²) >= 11 is 6.26. The first kappa shape index (κ1) is 17.0. The van der Waals surface area contributed by atoms with Crippen LogP contribution in [-0.2, 0) is 6.54 Å². The van der Waals surface area contributed by atoms with Crippen LogP contribution in [0.3, 0.4) is 0 Å². The van der Waals surface area contributed by atoms with Crippen molar-refractivity contribution in [2.75, 3.05) is 19.5 Å². The van der Waals surface area contributed by atoms with Gasteiger partial charge in [0.05, 0.1) is 19.8 Å². The minimum atomic E-state index is -0.949. The van der Waals surface area contributed by atoms with Gasteiger partial charge < -0.3 is 19.9 Å². The number of hydrogen-bond acceptors (Lipinski definition) is 4. The Bertz CT molecular complexity index is 731. The summed E-state index contributed by atoms with van der Waals surface area (Å²) in [5.74, 6) is 0.199. The average Bonchev–Trinajstić information content (AvgIpc) is 2.54. The molecule has 2 N–H and O–H groups in total. The summed E-state index contributed by atoms with van der Waals surface area (Å²) in [6, 6.07) is 8.60. The fraction of sp³-hybridized carbons (Fsp3) is 0.235. The Morgan fingerprint density at radius 3 is 2.48 bits per heavy atom. The van der Waals surface area contributed by atoms with Crippen LogP contribution in [0.4, 0.5) is 5.69 Å². The highest BCUT2D eigenvalue weighted by Crippen LogP contribution is 2.33. The van der Waals surface area contributed by atoms with Gasteiger partial charge in [0.15, 0.2) is 11.5 Å². The molecule has 0 aliphatic heterocycles. The standard InChI is InChI=1S/C17H18ClNO4/c1-10-12(17(20)21)5-4-6-14(10)19-9-11-7-15(22-2)16(23-3)8-13(11)18/h4-8,19H,9H2,1-3H3,(H,20,21). The van der Waals surface area contributed by atoms with Crippen LogP contribution in [0.25, 0.3) is 0 Å². The van der Waals surface area contributed by atoms with Gasteiger partial charge in [-0.05, 0) is 36.2 Å². The van der Waals surface area contributed by atoms with Crippen molar-refractivity contribution in [2.45, 2.75) is 13.5 Å². The topological polar surface area (TPSA) is 67.8 Å². The number of carbonyl (C=O) groups is 1. The number of methoxy groups -OCH3 is 2. The molecule has 0 amide bonds. The van der Waals surface area contributed by atoms with Crippen LogP contribution in [0.2, 0.25) is 5.02 Å². The highest BCUT2D eigenvalue weighted by atomic mass is 35.5. The number of hydrogen-bond donors (Lipinski definition) is 2. The minimum absolute atomic E-state index is 0.272. The van der Waals surface area contributed by atoms with E-state index in [1.807, 2.05) is 6.07 Å². The van der Waals surface area contributed by atoms with Gasteiger partial charge in [0.2, 0.25) is 0 Å². The van der Waals surface area contributed by atoms with Crippen molar-refractivity contribution in [1.29, 1.82) is 0 Å². The smallest absolute Gasteiger partial charge is 0.336 e. The van der Waals surface area contributed by atoms with E-state index in [0.717, 1.165) is 11.3 Å². The van der Waals surface area contributed by atoms with Gasteiger partial charge in [0.25, 0.3) is 0 Å². The fourth-order valence-corrected chi connectivity index (χ4v) is 2.50. The Morgan fingerprint density at radius 1 is 1.22 bits per heavy atom. The zero-order valence-corrected chi connectivity index (χ0v) is 13.9. The molecule has 0 aliphatic carbocycles. The maximum Gasteiger partial charge on any atom is 0.336 e. The normalized spacial score (nSPS) is 10.3. The van der Waals surface area contributed by atoms with E-state index in [-0.39, 0.29) is 5.56 Å². The summed E-state index contributed by atoms with van der Waals surface area (Å²) in [7, 11) is 3.11. The number of halogens is 1. The number of benzene rings is 2. The molecule has 0 saturated carbocycles. The number of carboxylic acids is 1. The van der Waals surface area contributed by atoms with Gasteiger partial charge in [-0.2, -0.15) is 0 Å². The molecule has 0 aliphatic rings. The van der Waals surface area contributed by atoms with E-state index in [1.165, 1.54) is 0 Å². The van der Waals surface area contributed by atoms with Gasteiger partial charge in [-0.15, -0.1) is 0 Å². The van der Waals surface area contributed by atoms with Gasteiger partial charge >= 0.3 is 5.97 Å². The van der Waals surface area contributed by atoms with Crippen molar-refractivity contribution in [3.05, 3.63) is 52.0 Å². The molecule has 0 radical (unpaired) electrons. The summed E-state index contributed by atoms with van der Waals surface area (Å²) in [6.07, 6.45) is 0. The zero-order valence-electron chi connectivity index (χ0n) is 13.1. The van der Waals surface area contributed by atoms with Crippen LogP contribution in [-0.4, -0.2) is 25.3 Å². The quantitative estimate of drug-likeness (QED) is 0.835. The van der Waals surface area contributed by atoms with Crippen molar-refractivity contribution in [3.63, 3.8) is 0 Å². The first-order valence-electron chi connectivity index (χ1n) is 6.95. The molecule has 0 heterocycles. The van der Waals surface area contributed by atoms with Crippen LogP contribution in [0.15, 0.2) is 30.3 Å². The molecule has 2 aromatic rings. The Labute approximate surface area is 139 Å². The van der Waals surface area contributed by atoms with Crippen LogP contribution in [0.5, 0.6) is 11.5 Å². The average molecular weight is 336 g/mol. The van der Waals surface area contributed by atoms with E-state index in [9.17, 15) is 4.79 Å². The lowest BCUT2D eigenvalue weighted by molar-refractivity contribution is 0.0696. The molecule has 0 bridgehead atoms. The van der Waals surface area contributed by atoms with Gasteiger partial charge in [-0.1, -0.05) is 17.7 Å². The van der Waals surface area contributed by atoms with E-state index in [4.69, 9.17) is 26.2 Å². The van der Waals surface area contributed by atoms with Gasteiger partial charge in [0.1, 0.15) is 0 Å². The number of rotatable bonds is 6. The van der Waals surface area contributed by atoms with Crippen molar-refractivity contribution < 1.29 is 19.4 Å². The van der Waals surface area contributed by atoms with Crippen LogP contribution < -0.4 is 14.8 Å². The van der Waals surface area contributed by atoms with Crippen molar-refractivity contribution in [3.8, 4) is 11.5 Å². The SMILES string of the molecule is COc1cc(Cl)c(CNc2cccc(C(=O)O)c2C)cc1OC. The fourth-order valence-electron chi connectivity index (χ4n) is 2.28. The second kappa shape index (κ2) is 7.24. The minimum Gasteiger partial charge on any atom is -0.493 e. The van der Waals surface area contributed by atoms with Crippen LogP contribution in [0.1, 0.15) is 21.5 Å². The Balaban J connectivity index is 2.25. The van der Waals surface area contributed by atoms with Gasteiger partial charge in [-0.25, -0.2) is 4.79 Å². The molecule has 0 saturated heterocycles. The molecule has 2 aromatic carbocycles. The van der Waals surface area contributed by atoms with E-state index in [0.29, 0.717) is 28.6 Å². The predicted octanol–water partition coefficient (Wildman–Crippen LogP) is 3.98. The number of carboxylic acid groups (broad SMARTS) is 1. The Hall–Kier alpha value is -2.40. The molecule has 122 valence electrons. The summed E-state index contributed by atoms with van der Waals surface area (Å²) in [6.45, 7) is 2.20. The molecule has 0 atom stereocenters. The monoisotopic (exact) mass is 335 g/mol. The molecule has 6 heteroatoms. The number of nitrogens with one attached hydrogen (secondary N) is 1. The molecule has 23 heavy (non-hydrogen) atoms. The van der Waals surface area contributed by atoms with Crippen LogP contribution in [0, 0.1) is 6.92 Å². The highest BCUT2D eigenvalue weighted by Gasteiger charge is 2.12. The molecular weight excluding hydrogens is 318 g/mol. The maximum atomic E-state index is 11.2. The lowest BCUT2D eigenvalue weighted by Gasteiger charge is -2.14. The summed E-state index contributed by atoms with van der Waals surface area (Å²) in [5.41, 5.74) is 2.52. The molecular formula is C17H18ClNO4. The third-order valence-electron chi connectivity index (χ3n) is 3.59. The van der Waals surface area contributed by atoms with E-state index in [2.05, 4.69) is 5.32 Å². The number of aromatic carboxylic acids is 1. The Kier molecular flexibility index (Phi) is 5.34. The van der Waals surface area contributed by atoms with Crippen molar-refractivity contribution in [1.82, 2.24) is 0 Å². The van der Waals surface area contributed by atoms with Gasteiger partial charge in [-0.3, -0.25) is 0 Å². The zero-order chi connectivity index (χ0) is 17.0. The first-order chi connectivity index (χ1) is 11.0. The predicted molar refractivity (Wildman–Crippen MR) is 90.0 cm³/mol. The highest BCUT2D eigenvalue weighted by molar-refractivity contribution is 6.31. The molecule has 0 fully saturated rings. The van der Waals surface area contributed by atoms with Gasteiger partial charge in [0, 0.05) is 23.3 Å².